The fraction of sp³-hybridized carbons (Fsp3) is 0.750. The van der Waals surface area contributed by atoms with Gasteiger partial charge in [0.25, 0.3) is 0 Å². The van der Waals surface area contributed by atoms with Gasteiger partial charge in [-0.3, -0.25) is 4.79 Å². The van der Waals surface area contributed by atoms with Crippen molar-refractivity contribution < 1.29 is 19.0 Å². The first-order chi connectivity index (χ1) is 20.0. The average molecular weight is 564 g/mol. The Hall–Kier alpha value is -1.69. The number of carbonyl (C=O) groups excluding carboxylic acids is 1. The van der Waals surface area contributed by atoms with E-state index in [9.17, 15) is 4.79 Å². The molecule has 0 aromatic heterocycles. The molecule has 1 saturated heterocycles. The number of nitrogens with one attached hydrogen (secondary N) is 1. The largest absolute Gasteiger partial charge is 0.494 e. The van der Waals surface area contributed by atoms with E-state index in [0.717, 1.165) is 96.0 Å². The van der Waals surface area contributed by atoms with Crippen molar-refractivity contribution in [3.63, 3.8) is 0 Å². The normalized spacial score (nSPS) is 31.3. The van der Waals surface area contributed by atoms with Gasteiger partial charge < -0.3 is 19.5 Å². The lowest BCUT2D eigenvalue weighted by molar-refractivity contribution is -0.166. The molecule has 41 heavy (non-hydrogen) atoms. The first kappa shape index (κ1) is 29.4. The van der Waals surface area contributed by atoms with Crippen LogP contribution < -0.4 is 10.1 Å². The molecule has 4 unspecified atom stereocenters. The maximum atomic E-state index is 13.6. The number of carbonyl (C=O) groups is 1. The number of hydrogen-bond acceptors (Lipinski definition) is 5. The number of hydrogen-bond donors (Lipinski definition) is 1. The second-order valence-electron chi connectivity index (χ2n) is 13.7. The first-order valence-electron chi connectivity index (χ1n) is 17.0. The molecular weight excluding hydrogens is 510 g/mol. The van der Waals surface area contributed by atoms with Crippen LogP contribution in [0.15, 0.2) is 35.4 Å². The minimum Gasteiger partial charge on any atom is -0.494 e. The zero-order valence-corrected chi connectivity index (χ0v) is 25.8. The lowest BCUT2D eigenvalue weighted by Crippen LogP contribution is -2.47. The van der Waals surface area contributed by atoms with Crippen molar-refractivity contribution in [2.24, 2.45) is 23.2 Å². The van der Waals surface area contributed by atoms with Crippen molar-refractivity contribution in [2.75, 3.05) is 19.8 Å². The van der Waals surface area contributed by atoms with Crippen LogP contribution in [0.4, 0.5) is 0 Å². The van der Waals surface area contributed by atoms with Crippen molar-refractivity contribution in [1.29, 1.82) is 0 Å². The van der Waals surface area contributed by atoms with Crippen LogP contribution in [-0.4, -0.2) is 37.4 Å². The van der Waals surface area contributed by atoms with Gasteiger partial charge in [0.2, 0.25) is 0 Å². The molecule has 5 nitrogen and oxygen atoms in total. The molecule has 5 heteroatoms. The van der Waals surface area contributed by atoms with E-state index in [-0.39, 0.29) is 11.2 Å². The van der Waals surface area contributed by atoms with Crippen LogP contribution in [0.25, 0.3) is 0 Å². The van der Waals surface area contributed by atoms with Gasteiger partial charge in [0.05, 0.1) is 19.8 Å². The van der Waals surface area contributed by atoms with Crippen molar-refractivity contribution in [2.45, 2.75) is 129 Å². The van der Waals surface area contributed by atoms with Gasteiger partial charge in [-0.2, -0.15) is 0 Å². The van der Waals surface area contributed by atoms with Crippen molar-refractivity contribution >= 4 is 5.78 Å². The zero-order chi connectivity index (χ0) is 28.5. The number of ketones is 1. The third-order valence-electron chi connectivity index (χ3n) is 11.7. The lowest BCUT2D eigenvalue weighted by atomic mass is 9.53. The maximum Gasteiger partial charge on any atom is 0.172 e. The average Bonchev–Trinajstić information content (AvgIpc) is 3.59. The smallest absolute Gasteiger partial charge is 0.172 e. The van der Waals surface area contributed by atoms with E-state index in [0.29, 0.717) is 42.2 Å². The highest BCUT2D eigenvalue weighted by Gasteiger charge is 2.58. The molecule has 226 valence electrons. The molecule has 1 heterocycles. The molecule has 1 N–H and O–H groups in total. The van der Waals surface area contributed by atoms with Crippen molar-refractivity contribution in [3.8, 4) is 5.75 Å². The quantitative estimate of drug-likeness (QED) is 0.276. The van der Waals surface area contributed by atoms with Gasteiger partial charge in [-0.15, -0.1) is 0 Å². The van der Waals surface area contributed by atoms with Gasteiger partial charge in [-0.1, -0.05) is 50.5 Å². The Morgan fingerprint density at radius 3 is 2.63 bits per heavy atom. The molecule has 5 atom stereocenters. The van der Waals surface area contributed by atoms with Gasteiger partial charge in [0.1, 0.15) is 11.5 Å². The number of benzene rings is 1. The van der Waals surface area contributed by atoms with E-state index >= 15 is 0 Å². The van der Waals surface area contributed by atoms with E-state index in [1.807, 2.05) is 0 Å². The third-order valence-corrected chi connectivity index (χ3v) is 11.7. The van der Waals surface area contributed by atoms with Crippen molar-refractivity contribution in [1.82, 2.24) is 5.32 Å². The molecule has 4 aliphatic carbocycles. The molecule has 1 spiro atoms. The summed E-state index contributed by atoms with van der Waals surface area (Å²) in [5.74, 6) is 2.97. The van der Waals surface area contributed by atoms with Crippen LogP contribution in [0, 0.1) is 23.2 Å². The summed E-state index contributed by atoms with van der Waals surface area (Å²) in [6.45, 7) is 8.90. The molecule has 2 saturated carbocycles. The molecule has 3 fully saturated rings. The Balaban J connectivity index is 1.11. The van der Waals surface area contributed by atoms with Gasteiger partial charge in [0, 0.05) is 36.8 Å². The predicted molar refractivity (Wildman–Crippen MR) is 163 cm³/mol. The highest BCUT2D eigenvalue weighted by Crippen LogP contribution is 2.62. The van der Waals surface area contributed by atoms with E-state index in [2.05, 4.69) is 50.4 Å². The standard InChI is InChI=1S/C36H53NO4/c1-4-8-33(37-27(5-2)6-3)25-9-7-10-28(23-25)39-20-19-35-17-15-30-29-16-18-36(40-21-22-41-36)24-26(29)11-12-31(30)32(35)13-14-34(35)38/h7,9-10,23,27,30-33,37H,4-6,8,11-22,24H2,1-3H3/t30?,31?,32?,33?,35-/m1/s1. The fourth-order valence-corrected chi connectivity index (χ4v) is 9.59. The molecular formula is C36H53NO4. The Labute approximate surface area is 248 Å². The summed E-state index contributed by atoms with van der Waals surface area (Å²) in [5, 5.41) is 3.88. The summed E-state index contributed by atoms with van der Waals surface area (Å²) in [5.41, 5.74) is 4.49. The summed E-state index contributed by atoms with van der Waals surface area (Å²) < 4.78 is 18.6. The van der Waals surface area contributed by atoms with Crippen molar-refractivity contribution in [3.05, 3.63) is 41.0 Å². The van der Waals surface area contributed by atoms with Gasteiger partial charge in [-0.05, 0) is 99.7 Å². The summed E-state index contributed by atoms with van der Waals surface area (Å²) in [7, 11) is 0. The van der Waals surface area contributed by atoms with Crippen LogP contribution in [0.1, 0.15) is 122 Å². The van der Waals surface area contributed by atoms with Crippen LogP contribution in [-0.2, 0) is 14.3 Å². The van der Waals surface area contributed by atoms with E-state index in [1.54, 1.807) is 11.1 Å². The summed E-state index contributed by atoms with van der Waals surface area (Å²) in [6, 6.07) is 9.61. The van der Waals surface area contributed by atoms with Crippen LogP contribution in [0.5, 0.6) is 5.75 Å². The van der Waals surface area contributed by atoms with Gasteiger partial charge in [0.15, 0.2) is 5.79 Å². The maximum absolute atomic E-state index is 13.6. The number of ether oxygens (including phenoxy) is 3. The molecule has 0 radical (unpaired) electrons. The van der Waals surface area contributed by atoms with Gasteiger partial charge in [-0.25, -0.2) is 0 Å². The van der Waals surface area contributed by atoms with E-state index in [1.165, 1.54) is 18.4 Å². The number of fused-ring (bicyclic) bond motifs is 4. The SMILES string of the molecule is CCCC(NC(CC)CC)c1cccc(OCC[C@]23CCC4C5=C(CCC4C2CCC3=O)CC2(CC5)OCCO2)c1. The van der Waals surface area contributed by atoms with Gasteiger partial charge >= 0.3 is 0 Å². The molecule has 6 rings (SSSR count). The highest BCUT2D eigenvalue weighted by molar-refractivity contribution is 5.87. The lowest BCUT2D eigenvalue weighted by Gasteiger charge is -2.52. The Bertz CT molecular complexity index is 1100. The molecule has 0 bridgehead atoms. The predicted octanol–water partition coefficient (Wildman–Crippen LogP) is 8.08. The van der Waals surface area contributed by atoms with Crippen LogP contribution in [0.3, 0.4) is 0 Å². The topological polar surface area (TPSA) is 56.8 Å². The Kier molecular flexibility index (Phi) is 8.96. The zero-order valence-electron chi connectivity index (χ0n) is 25.8. The number of Topliss-reactive ketones (excluding diaryl/α,β-unsaturated/α-hetero) is 1. The van der Waals surface area contributed by atoms with Crippen LogP contribution in [0.2, 0.25) is 0 Å². The minimum atomic E-state index is -0.331. The van der Waals surface area contributed by atoms with Crippen LogP contribution >= 0.6 is 0 Å². The molecule has 0 amide bonds. The number of allylic oxidation sites excluding steroid dienone is 1. The summed E-state index contributed by atoms with van der Waals surface area (Å²) in [4.78, 5) is 13.6. The van der Waals surface area contributed by atoms with E-state index in [4.69, 9.17) is 14.2 Å². The summed E-state index contributed by atoms with van der Waals surface area (Å²) >= 11 is 0. The Morgan fingerprint density at radius 1 is 1.02 bits per heavy atom. The van der Waals surface area contributed by atoms with E-state index < -0.39 is 0 Å². The number of rotatable bonds is 11. The summed E-state index contributed by atoms with van der Waals surface area (Å²) in [6.07, 6.45) is 15.0. The molecule has 1 aliphatic heterocycles. The minimum absolute atomic E-state index is 0.174. The molecule has 1 aromatic rings. The molecule has 5 aliphatic rings. The molecule has 1 aromatic carbocycles. The highest BCUT2D eigenvalue weighted by atomic mass is 16.7. The first-order valence-corrected chi connectivity index (χ1v) is 17.0. The monoisotopic (exact) mass is 563 g/mol. The Morgan fingerprint density at radius 2 is 1.85 bits per heavy atom. The second kappa shape index (κ2) is 12.5. The second-order valence-corrected chi connectivity index (χ2v) is 13.7. The third kappa shape index (κ3) is 5.68. The fourth-order valence-electron chi connectivity index (χ4n) is 9.59.